The van der Waals surface area contributed by atoms with Gasteiger partial charge in [0.2, 0.25) is 21.8 Å². The van der Waals surface area contributed by atoms with Gasteiger partial charge in [-0.3, -0.25) is 13.9 Å². The van der Waals surface area contributed by atoms with Gasteiger partial charge in [-0.2, -0.15) is 0 Å². The van der Waals surface area contributed by atoms with Crippen molar-refractivity contribution in [2.24, 2.45) is 0 Å². The van der Waals surface area contributed by atoms with E-state index in [9.17, 15) is 18.0 Å². The van der Waals surface area contributed by atoms with Crippen molar-refractivity contribution in [2.45, 2.75) is 32.9 Å². The van der Waals surface area contributed by atoms with Crippen LogP contribution in [0.4, 0.5) is 5.69 Å². The molecule has 0 radical (unpaired) electrons. The Hall–Kier alpha value is -3.27. The summed E-state index contributed by atoms with van der Waals surface area (Å²) >= 11 is 0. The molecule has 0 saturated carbocycles. The number of carbonyl (C=O) groups is 2. The number of amides is 2. The van der Waals surface area contributed by atoms with Crippen LogP contribution < -0.4 is 19.1 Å². The highest BCUT2D eigenvalue weighted by Gasteiger charge is 2.32. The summed E-state index contributed by atoms with van der Waals surface area (Å²) in [5.74, 6) is -0.132. The molecule has 1 atom stereocenters. The number of nitrogens with zero attached hydrogens (tertiary/aromatic N) is 2. The van der Waals surface area contributed by atoms with Crippen LogP contribution in [0, 0.1) is 0 Å². The monoisotopic (exact) mass is 491 g/mol. The maximum Gasteiger partial charge on any atom is 0.244 e. The Morgan fingerprint density at radius 1 is 1.03 bits per heavy atom. The molecule has 0 aliphatic heterocycles. The van der Waals surface area contributed by atoms with Gasteiger partial charge in [0.1, 0.15) is 24.1 Å². The third kappa shape index (κ3) is 6.86. The number of sulfonamides is 1. The zero-order valence-corrected chi connectivity index (χ0v) is 21.1. The summed E-state index contributed by atoms with van der Waals surface area (Å²) in [7, 11) is -1.02. The van der Waals surface area contributed by atoms with Gasteiger partial charge in [0.05, 0.1) is 26.2 Å². The lowest BCUT2D eigenvalue weighted by Gasteiger charge is -2.33. The van der Waals surface area contributed by atoms with E-state index < -0.39 is 28.5 Å². The number of hydrogen-bond acceptors (Lipinski definition) is 6. The molecule has 0 aliphatic carbocycles. The lowest BCUT2D eigenvalue weighted by molar-refractivity contribution is -0.140. The number of hydrogen-bond donors (Lipinski definition) is 1. The molecule has 2 amide bonds. The zero-order chi connectivity index (χ0) is 25.3. The number of ether oxygens (including phenoxy) is 2. The van der Waals surface area contributed by atoms with Crippen LogP contribution in [0.15, 0.2) is 48.5 Å². The molecule has 2 aromatic rings. The highest BCUT2D eigenvalue weighted by atomic mass is 32.2. The second-order valence-corrected chi connectivity index (χ2v) is 9.54. The van der Waals surface area contributed by atoms with E-state index in [2.05, 4.69) is 5.32 Å². The van der Waals surface area contributed by atoms with Gasteiger partial charge in [0.25, 0.3) is 0 Å². The van der Waals surface area contributed by atoms with E-state index >= 15 is 0 Å². The number of carbonyl (C=O) groups excluding carboxylic acids is 2. The molecule has 0 bridgehead atoms. The number of rotatable bonds is 12. The van der Waals surface area contributed by atoms with Crippen molar-refractivity contribution < 1.29 is 27.5 Å². The van der Waals surface area contributed by atoms with E-state index in [0.29, 0.717) is 18.7 Å². The molecule has 0 aromatic heterocycles. The second kappa shape index (κ2) is 12.3. The maximum atomic E-state index is 13.6. The number of methoxy groups -OCH3 is 2. The van der Waals surface area contributed by atoms with Crippen molar-refractivity contribution in [3.8, 4) is 11.5 Å². The predicted molar refractivity (Wildman–Crippen MR) is 131 cm³/mol. The normalized spacial score (nSPS) is 11.9. The first kappa shape index (κ1) is 27.0. The maximum absolute atomic E-state index is 13.6. The second-order valence-electron chi connectivity index (χ2n) is 7.63. The van der Waals surface area contributed by atoms with Gasteiger partial charge in [-0.1, -0.05) is 37.3 Å². The molecule has 2 aromatic carbocycles. The lowest BCUT2D eigenvalue weighted by atomic mass is 10.1. The van der Waals surface area contributed by atoms with Crippen LogP contribution in [-0.4, -0.2) is 64.7 Å². The largest absolute Gasteiger partial charge is 0.497 e. The fraction of sp³-hybridized carbons (Fsp3) is 0.417. The summed E-state index contributed by atoms with van der Waals surface area (Å²) in [6, 6.07) is 13.2. The van der Waals surface area contributed by atoms with E-state index in [1.807, 2.05) is 37.3 Å². The molecule has 186 valence electrons. The van der Waals surface area contributed by atoms with Gasteiger partial charge in [0, 0.05) is 19.2 Å². The highest BCUT2D eigenvalue weighted by Crippen LogP contribution is 2.34. The minimum atomic E-state index is -3.89. The Morgan fingerprint density at radius 3 is 2.24 bits per heavy atom. The van der Waals surface area contributed by atoms with Crippen molar-refractivity contribution in [3.05, 3.63) is 54.1 Å². The molecule has 9 nitrogen and oxygen atoms in total. The van der Waals surface area contributed by atoms with Crippen LogP contribution in [0.3, 0.4) is 0 Å². The standard InChI is InChI=1S/C24H33N3O6S/c1-6-20(24(29)25-7-2)26(16-18-11-9-8-10-12-18)23(28)17-27(34(5,30)31)21-15-19(32-3)13-14-22(21)33-4/h8-15,20H,6-7,16-17H2,1-5H3,(H,25,29)/t20-/m0/s1. The van der Waals surface area contributed by atoms with Crippen LogP contribution in [0.2, 0.25) is 0 Å². The van der Waals surface area contributed by atoms with Crippen LogP contribution >= 0.6 is 0 Å². The van der Waals surface area contributed by atoms with Gasteiger partial charge in [-0.15, -0.1) is 0 Å². The number of likely N-dealkylation sites (N-methyl/N-ethyl adjacent to an activating group) is 1. The van der Waals surface area contributed by atoms with E-state index in [-0.39, 0.29) is 23.9 Å². The topological polar surface area (TPSA) is 105 Å². The summed E-state index contributed by atoms with van der Waals surface area (Å²) in [4.78, 5) is 27.8. The Labute approximate surface area is 201 Å². The molecular weight excluding hydrogens is 458 g/mol. The van der Waals surface area contributed by atoms with E-state index in [4.69, 9.17) is 9.47 Å². The number of benzene rings is 2. The Morgan fingerprint density at radius 2 is 1.71 bits per heavy atom. The first-order valence-electron chi connectivity index (χ1n) is 11.0. The van der Waals surface area contributed by atoms with Gasteiger partial charge in [-0.05, 0) is 31.0 Å². The highest BCUT2D eigenvalue weighted by molar-refractivity contribution is 7.92. The Balaban J connectivity index is 2.50. The first-order chi connectivity index (χ1) is 16.2. The van der Waals surface area contributed by atoms with Crippen molar-refractivity contribution >= 4 is 27.5 Å². The smallest absolute Gasteiger partial charge is 0.244 e. The average Bonchev–Trinajstić information content (AvgIpc) is 2.82. The van der Waals surface area contributed by atoms with E-state index in [1.54, 1.807) is 19.1 Å². The molecule has 0 heterocycles. The van der Waals surface area contributed by atoms with Crippen molar-refractivity contribution in [3.63, 3.8) is 0 Å². The molecule has 0 spiro atoms. The summed E-state index contributed by atoms with van der Waals surface area (Å²) in [5, 5.41) is 2.77. The molecular formula is C24H33N3O6S. The van der Waals surface area contributed by atoms with Crippen molar-refractivity contribution in [2.75, 3.05) is 37.9 Å². The zero-order valence-electron chi connectivity index (χ0n) is 20.3. The average molecular weight is 492 g/mol. The SMILES string of the molecule is CCNC(=O)[C@H](CC)N(Cc1ccccc1)C(=O)CN(c1cc(OC)ccc1OC)S(C)(=O)=O. The van der Waals surface area contributed by atoms with Crippen LogP contribution in [-0.2, 0) is 26.2 Å². The third-order valence-electron chi connectivity index (χ3n) is 5.27. The molecule has 34 heavy (non-hydrogen) atoms. The minimum absolute atomic E-state index is 0.155. The minimum Gasteiger partial charge on any atom is -0.497 e. The molecule has 1 N–H and O–H groups in total. The fourth-order valence-corrected chi connectivity index (χ4v) is 4.42. The third-order valence-corrected chi connectivity index (χ3v) is 6.39. The fourth-order valence-electron chi connectivity index (χ4n) is 3.58. The van der Waals surface area contributed by atoms with Crippen LogP contribution in [0.25, 0.3) is 0 Å². The molecule has 10 heteroatoms. The summed E-state index contributed by atoms with van der Waals surface area (Å²) in [6.45, 7) is 3.67. The van der Waals surface area contributed by atoms with Gasteiger partial charge in [0.15, 0.2) is 0 Å². The van der Waals surface area contributed by atoms with E-state index in [1.165, 1.54) is 25.2 Å². The molecule has 2 rings (SSSR count). The first-order valence-corrected chi connectivity index (χ1v) is 12.8. The van der Waals surface area contributed by atoms with Crippen LogP contribution in [0.5, 0.6) is 11.5 Å². The molecule has 0 saturated heterocycles. The van der Waals surface area contributed by atoms with Gasteiger partial charge < -0.3 is 19.7 Å². The lowest BCUT2D eigenvalue weighted by Crippen LogP contribution is -2.52. The van der Waals surface area contributed by atoms with Gasteiger partial charge >= 0.3 is 0 Å². The quantitative estimate of drug-likeness (QED) is 0.489. The molecule has 0 aliphatic rings. The molecule has 0 fully saturated rings. The van der Waals surface area contributed by atoms with E-state index in [0.717, 1.165) is 16.1 Å². The summed E-state index contributed by atoms with van der Waals surface area (Å²) in [5.41, 5.74) is 0.992. The Bertz CT molecular complexity index is 1080. The molecule has 0 unspecified atom stereocenters. The number of anilines is 1. The van der Waals surface area contributed by atoms with Crippen molar-refractivity contribution in [1.82, 2.24) is 10.2 Å². The van der Waals surface area contributed by atoms with Crippen LogP contribution in [0.1, 0.15) is 25.8 Å². The van der Waals surface area contributed by atoms with Gasteiger partial charge in [-0.25, -0.2) is 8.42 Å². The Kier molecular flexibility index (Phi) is 9.73. The predicted octanol–water partition coefficient (Wildman–Crippen LogP) is 2.41. The summed E-state index contributed by atoms with van der Waals surface area (Å²) in [6.07, 6.45) is 1.38. The van der Waals surface area contributed by atoms with Crippen molar-refractivity contribution in [1.29, 1.82) is 0 Å². The number of nitrogens with one attached hydrogen (secondary N) is 1. The summed E-state index contributed by atoms with van der Waals surface area (Å²) < 4.78 is 37.1.